The summed E-state index contributed by atoms with van der Waals surface area (Å²) in [4.78, 5) is 19.8. The highest BCUT2D eigenvalue weighted by Crippen LogP contribution is 2.13. The fraction of sp³-hybridized carbons (Fsp3) is 0.875. The first-order valence-electron chi connectivity index (χ1n) is 8.16. The highest BCUT2D eigenvalue weighted by atomic mass is 16.6. The summed E-state index contributed by atoms with van der Waals surface area (Å²) in [6, 6.07) is 0. The first kappa shape index (κ1) is 19.5. The zero-order valence-electron chi connectivity index (χ0n) is 15.4. The lowest BCUT2D eigenvalue weighted by molar-refractivity contribution is 0.0302. The van der Waals surface area contributed by atoms with Crippen LogP contribution in [0.1, 0.15) is 27.2 Å². The number of carbonyl (C=O) groups is 1. The number of nitrogens with one attached hydrogen (secondary N) is 1. The highest BCUT2D eigenvalue weighted by molar-refractivity contribution is 5.79. The lowest BCUT2D eigenvalue weighted by atomic mass is 10.1. The third kappa shape index (κ3) is 7.54. The van der Waals surface area contributed by atoms with Gasteiger partial charge in [0.25, 0.3) is 0 Å². The summed E-state index contributed by atoms with van der Waals surface area (Å²) < 4.78 is 10.7. The standard InChI is InChI=1S/C16H32N4O3/c1-16(2,3)23-15(21)19(5)9-8-18-14(17-4)20(6)11-13-7-10-22-12-13/h13H,7-12H2,1-6H3,(H,17,18). The van der Waals surface area contributed by atoms with E-state index < -0.39 is 5.60 Å². The van der Waals surface area contributed by atoms with Gasteiger partial charge in [0.1, 0.15) is 5.60 Å². The van der Waals surface area contributed by atoms with Gasteiger partial charge in [-0.25, -0.2) is 4.79 Å². The van der Waals surface area contributed by atoms with Gasteiger partial charge >= 0.3 is 6.09 Å². The van der Waals surface area contributed by atoms with Crippen molar-refractivity contribution in [2.75, 3.05) is 54.0 Å². The number of guanidine groups is 1. The number of rotatable bonds is 5. The number of ether oxygens (including phenoxy) is 2. The number of carbonyl (C=O) groups excluding carboxylic acids is 1. The van der Waals surface area contributed by atoms with Gasteiger partial charge in [0, 0.05) is 53.3 Å². The quantitative estimate of drug-likeness (QED) is 0.610. The monoisotopic (exact) mass is 328 g/mol. The Hall–Kier alpha value is -1.50. The van der Waals surface area contributed by atoms with Gasteiger partial charge in [0.05, 0.1) is 6.61 Å². The molecule has 23 heavy (non-hydrogen) atoms. The summed E-state index contributed by atoms with van der Waals surface area (Å²) in [7, 11) is 5.52. The summed E-state index contributed by atoms with van der Waals surface area (Å²) in [6.45, 7) is 9.35. The van der Waals surface area contributed by atoms with Gasteiger partial charge in [0.2, 0.25) is 0 Å². The molecule has 1 saturated heterocycles. The zero-order chi connectivity index (χ0) is 17.5. The minimum absolute atomic E-state index is 0.314. The van der Waals surface area contributed by atoms with E-state index in [9.17, 15) is 4.79 Å². The molecule has 0 aromatic carbocycles. The molecule has 7 nitrogen and oxygen atoms in total. The smallest absolute Gasteiger partial charge is 0.410 e. The van der Waals surface area contributed by atoms with Crippen molar-refractivity contribution in [3.8, 4) is 0 Å². The molecule has 7 heteroatoms. The van der Waals surface area contributed by atoms with Gasteiger partial charge in [-0.05, 0) is 27.2 Å². The molecule has 0 radical (unpaired) electrons. The predicted octanol–water partition coefficient (Wildman–Crippen LogP) is 1.40. The van der Waals surface area contributed by atoms with Gasteiger partial charge in [-0.15, -0.1) is 0 Å². The molecular weight excluding hydrogens is 296 g/mol. The molecule has 1 aliphatic rings. The normalized spacial score (nSPS) is 18.7. The second-order valence-corrected chi connectivity index (χ2v) is 6.99. The van der Waals surface area contributed by atoms with Crippen molar-refractivity contribution in [2.24, 2.45) is 10.9 Å². The molecular formula is C16H32N4O3. The molecule has 0 aromatic rings. The Bertz CT molecular complexity index is 401. The van der Waals surface area contributed by atoms with Crippen LogP contribution in [0, 0.1) is 5.92 Å². The molecule has 0 saturated carbocycles. The van der Waals surface area contributed by atoms with Crippen LogP contribution in [0.5, 0.6) is 0 Å². The van der Waals surface area contributed by atoms with Gasteiger partial charge in [-0.2, -0.15) is 0 Å². The molecule has 1 unspecified atom stereocenters. The molecule has 1 atom stereocenters. The SMILES string of the molecule is CN=C(NCCN(C)C(=O)OC(C)(C)C)N(C)CC1CCOC1. The van der Waals surface area contributed by atoms with Crippen LogP contribution in [-0.4, -0.2) is 81.4 Å². The summed E-state index contributed by atoms with van der Waals surface area (Å²) >= 11 is 0. The van der Waals surface area contributed by atoms with Crippen LogP contribution in [0.15, 0.2) is 4.99 Å². The Morgan fingerprint density at radius 2 is 2.04 bits per heavy atom. The molecule has 134 valence electrons. The van der Waals surface area contributed by atoms with Crippen molar-refractivity contribution in [3.05, 3.63) is 0 Å². The number of hydrogen-bond donors (Lipinski definition) is 1. The van der Waals surface area contributed by atoms with Crippen molar-refractivity contribution >= 4 is 12.1 Å². The minimum atomic E-state index is -0.474. The van der Waals surface area contributed by atoms with E-state index in [2.05, 4.69) is 15.2 Å². The second-order valence-electron chi connectivity index (χ2n) is 6.99. The van der Waals surface area contributed by atoms with Crippen LogP contribution in [0.3, 0.4) is 0 Å². The van der Waals surface area contributed by atoms with Gasteiger partial charge < -0.3 is 24.6 Å². The van der Waals surface area contributed by atoms with Crippen molar-refractivity contribution in [1.29, 1.82) is 0 Å². The van der Waals surface area contributed by atoms with Crippen LogP contribution in [0.4, 0.5) is 4.79 Å². The minimum Gasteiger partial charge on any atom is -0.444 e. The predicted molar refractivity (Wildman–Crippen MR) is 91.8 cm³/mol. The molecule has 1 fully saturated rings. The maximum atomic E-state index is 11.9. The molecule has 0 spiro atoms. The zero-order valence-corrected chi connectivity index (χ0v) is 15.4. The molecule has 0 aromatic heterocycles. The number of hydrogen-bond acceptors (Lipinski definition) is 4. The average molecular weight is 328 g/mol. The van der Waals surface area contributed by atoms with Crippen LogP contribution < -0.4 is 5.32 Å². The van der Waals surface area contributed by atoms with Gasteiger partial charge in [0.15, 0.2) is 5.96 Å². The van der Waals surface area contributed by atoms with Crippen LogP contribution in [0.25, 0.3) is 0 Å². The Kier molecular flexibility index (Phi) is 7.61. The second kappa shape index (κ2) is 8.96. The lowest BCUT2D eigenvalue weighted by Crippen LogP contribution is -2.45. The van der Waals surface area contributed by atoms with E-state index in [0.29, 0.717) is 19.0 Å². The molecule has 0 bridgehead atoms. The molecule has 1 amide bonds. The number of likely N-dealkylation sites (N-methyl/N-ethyl adjacent to an activating group) is 1. The first-order chi connectivity index (χ1) is 10.7. The van der Waals surface area contributed by atoms with Gasteiger partial charge in [-0.3, -0.25) is 4.99 Å². The Morgan fingerprint density at radius 1 is 1.35 bits per heavy atom. The highest BCUT2D eigenvalue weighted by Gasteiger charge is 2.20. The van der Waals surface area contributed by atoms with Crippen LogP contribution in [0.2, 0.25) is 0 Å². The third-order valence-electron chi connectivity index (χ3n) is 3.56. The molecule has 1 aliphatic heterocycles. The summed E-state index contributed by atoms with van der Waals surface area (Å²) in [5.74, 6) is 1.39. The molecule has 0 aliphatic carbocycles. The lowest BCUT2D eigenvalue weighted by Gasteiger charge is -2.27. The van der Waals surface area contributed by atoms with Crippen molar-refractivity contribution < 1.29 is 14.3 Å². The summed E-state index contributed by atoms with van der Waals surface area (Å²) in [6.07, 6.45) is 0.786. The van der Waals surface area contributed by atoms with E-state index in [0.717, 1.165) is 32.1 Å². The Morgan fingerprint density at radius 3 is 2.57 bits per heavy atom. The third-order valence-corrected chi connectivity index (χ3v) is 3.56. The fourth-order valence-corrected chi connectivity index (χ4v) is 2.35. The fourth-order valence-electron chi connectivity index (χ4n) is 2.35. The van der Waals surface area contributed by atoms with Gasteiger partial charge in [-0.1, -0.05) is 0 Å². The number of amides is 1. The average Bonchev–Trinajstić information content (AvgIpc) is 2.94. The summed E-state index contributed by atoms with van der Waals surface area (Å²) in [5.41, 5.74) is -0.474. The maximum absolute atomic E-state index is 11.9. The molecule has 1 heterocycles. The Labute approximate surface area is 140 Å². The first-order valence-corrected chi connectivity index (χ1v) is 8.16. The maximum Gasteiger partial charge on any atom is 0.410 e. The summed E-state index contributed by atoms with van der Waals surface area (Å²) in [5, 5.41) is 3.28. The van der Waals surface area contributed by atoms with E-state index in [4.69, 9.17) is 9.47 Å². The number of aliphatic imine (C=N–C) groups is 1. The van der Waals surface area contributed by atoms with Crippen molar-refractivity contribution in [3.63, 3.8) is 0 Å². The van der Waals surface area contributed by atoms with E-state index in [1.165, 1.54) is 0 Å². The topological polar surface area (TPSA) is 66.4 Å². The van der Waals surface area contributed by atoms with E-state index in [-0.39, 0.29) is 6.09 Å². The van der Waals surface area contributed by atoms with Crippen LogP contribution >= 0.6 is 0 Å². The largest absolute Gasteiger partial charge is 0.444 e. The molecule has 1 rings (SSSR count). The van der Waals surface area contributed by atoms with E-state index in [1.807, 2.05) is 27.8 Å². The van der Waals surface area contributed by atoms with Crippen molar-refractivity contribution in [1.82, 2.24) is 15.1 Å². The molecule has 1 N–H and O–H groups in total. The van der Waals surface area contributed by atoms with Crippen LogP contribution in [-0.2, 0) is 9.47 Å². The number of nitrogens with zero attached hydrogens (tertiary/aromatic N) is 3. The van der Waals surface area contributed by atoms with E-state index in [1.54, 1.807) is 19.0 Å². The van der Waals surface area contributed by atoms with Crippen molar-refractivity contribution in [2.45, 2.75) is 32.8 Å². The Balaban J connectivity index is 2.32. The van der Waals surface area contributed by atoms with E-state index >= 15 is 0 Å².